The van der Waals surface area contributed by atoms with Crippen LogP contribution in [0.1, 0.15) is 39.5 Å². The van der Waals surface area contributed by atoms with Crippen LogP contribution in [0.4, 0.5) is 0 Å². The zero-order valence-electron chi connectivity index (χ0n) is 10.1. The van der Waals surface area contributed by atoms with Gasteiger partial charge in [0.15, 0.2) is 0 Å². The average Bonchev–Trinajstić information content (AvgIpc) is 2.67. The molecule has 0 aromatic heterocycles. The van der Waals surface area contributed by atoms with Crippen molar-refractivity contribution in [2.45, 2.75) is 57.8 Å². The van der Waals surface area contributed by atoms with E-state index in [2.05, 4.69) is 13.8 Å². The molecule has 0 bridgehead atoms. The number of aliphatic hydroxyl groups excluding tert-OH is 1. The molecule has 1 N–H and O–H groups in total. The Morgan fingerprint density at radius 2 is 2.20 bits per heavy atom. The second kappa shape index (κ2) is 6.46. The summed E-state index contributed by atoms with van der Waals surface area (Å²) in [7, 11) is 1.67. The minimum atomic E-state index is -0.362. The molecule has 1 aliphatic rings. The summed E-state index contributed by atoms with van der Waals surface area (Å²) in [6.07, 6.45) is 4.00. The van der Waals surface area contributed by atoms with Gasteiger partial charge in [-0.1, -0.05) is 13.8 Å². The lowest BCUT2D eigenvalue weighted by Crippen LogP contribution is -2.33. The van der Waals surface area contributed by atoms with E-state index < -0.39 is 0 Å². The summed E-state index contributed by atoms with van der Waals surface area (Å²) in [6, 6.07) is 0. The van der Waals surface area contributed by atoms with Crippen molar-refractivity contribution in [3.63, 3.8) is 0 Å². The van der Waals surface area contributed by atoms with Crippen molar-refractivity contribution in [1.82, 2.24) is 0 Å². The molecule has 1 rings (SSSR count). The molecule has 0 spiro atoms. The lowest BCUT2D eigenvalue weighted by atomic mass is 9.96. The van der Waals surface area contributed by atoms with Crippen LogP contribution in [0.3, 0.4) is 0 Å². The molecule has 0 amide bonds. The summed E-state index contributed by atoms with van der Waals surface area (Å²) in [5.41, 5.74) is 0. The fraction of sp³-hybridized carbons (Fsp3) is 1.00. The summed E-state index contributed by atoms with van der Waals surface area (Å²) in [4.78, 5) is 0. The highest BCUT2D eigenvalue weighted by Gasteiger charge is 2.24. The molecule has 0 radical (unpaired) electrons. The molecule has 1 aliphatic heterocycles. The van der Waals surface area contributed by atoms with Gasteiger partial charge in [-0.25, -0.2) is 0 Å². The third-order valence-electron chi connectivity index (χ3n) is 3.12. The van der Waals surface area contributed by atoms with E-state index in [9.17, 15) is 5.11 Å². The van der Waals surface area contributed by atoms with Crippen molar-refractivity contribution >= 4 is 0 Å². The van der Waals surface area contributed by atoms with E-state index in [0.717, 1.165) is 25.9 Å². The average molecular weight is 216 g/mol. The maximum absolute atomic E-state index is 9.96. The zero-order valence-corrected chi connectivity index (χ0v) is 10.1. The van der Waals surface area contributed by atoms with Crippen LogP contribution in [0.25, 0.3) is 0 Å². The van der Waals surface area contributed by atoms with Gasteiger partial charge in [-0.2, -0.15) is 0 Å². The van der Waals surface area contributed by atoms with Gasteiger partial charge in [0.1, 0.15) is 0 Å². The first kappa shape index (κ1) is 12.9. The number of hydrogen-bond donors (Lipinski definition) is 1. The number of ether oxygens (including phenoxy) is 2. The predicted molar refractivity (Wildman–Crippen MR) is 59.8 cm³/mol. The first-order chi connectivity index (χ1) is 7.15. The minimum absolute atomic E-state index is 0.0496. The Bertz CT molecular complexity index is 164. The number of hydrogen-bond acceptors (Lipinski definition) is 3. The minimum Gasteiger partial charge on any atom is -0.390 e. The normalized spacial score (nSPS) is 25.8. The molecule has 0 saturated carbocycles. The summed E-state index contributed by atoms with van der Waals surface area (Å²) >= 11 is 0. The molecule has 1 saturated heterocycles. The molecule has 3 nitrogen and oxygen atoms in total. The van der Waals surface area contributed by atoms with Crippen LogP contribution in [0.15, 0.2) is 0 Å². The fourth-order valence-electron chi connectivity index (χ4n) is 2.27. The Kier molecular flexibility index (Phi) is 5.58. The number of rotatable bonds is 6. The number of aliphatic hydroxyl groups is 1. The molecular weight excluding hydrogens is 192 g/mol. The smallest absolute Gasteiger partial charge is 0.0852 e. The summed E-state index contributed by atoms with van der Waals surface area (Å²) < 4.78 is 10.8. The second-order valence-corrected chi connectivity index (χ2v) is 4.72. The summed E-state index contributed by atoms with van der Waals surface area (Å²) in [6.45, 7) is 5.03. The monoisotopic (exact) mass is 216 g/mol. The van der Waals surface area contributed by atoms with Gasteiger partial charge in [-0.3, -0.25) is 0 Å². The predicted octanol–water partition coefficient (Wildman–Crippen LogP) is 1.98. The van der Waals surface area contributed by atoms with Crippen molar-refractivity contribution < 1.29 is 14.6 Å². The van der Waals surface area contributed by atoms with Crippen molar-refractivity contribution in [3.05, 3.63) is 0 Å². The van der Waals surface area contributed by atoms with Crippen molar-refractivity contribution in [1.29, 1.82) is 0 Å². The van der Waals surface area contributed by atoms with Gasteiger partial charge in [-0.05, 0) is 31.6 Å². The molecule has 0 aromatic carbocycles. The molecule has 1 heterocycles. The van der Waals surface area contributed by atoms with Gasteiger partial charge >= 0.3 is 0 Å². The molecule has 3 unspecified atom stereocenters. The third-order valence-corrected chi connectivity index (χ3v) is 3.12. The Labute approximate surface area is 92.8 Å². The standard InChI is InChI=1S/C12H24O3/c1-9(2)12(14-3)11(13)7-6-10-5-4-8-15-10/h9-13H,4-8H2,1-3H3. The highest BCUT2D eigenvalue weighted by molar-refractivity contribution is 4.75. The fourth-order valence-corrected chi connectivity index (χ4v) is 2.27. The maximum atomic E-state index is 9.96. The van der Waals surface area contributed by atoms with Crippen molar-refractivity contribution in [2.75, 3.05) is 13.7 Å². The summed E-state index contributed by atoms with van der Waals surface area (Å²) in [5.74, 6) is 0.356. The van der Waals surface area contributed by atoms with Crippen LogP contribution in [0.5, 0.6) is 0 Å². The molecule has 3 heteroatoms. The third kappa shape index (κ3) is 4.09. The van der Waals surface area contributed by atoms with E-state index in [1.807, 2.05) is 0 Å². The highest BCUT2D eigenvalue weighted by Crippen LogP contribution is 2.20. The first-order valence-electron chi connectivity index (χ1n) is 5.97. The van der Waals surface area contributed by atoms with Crippen molar-refractivity contribution in [2.24, 2.45) is 5.92 Å². The summed E-state index contributed by atoms with van der Waals surface area (Å²) in [5, 5.41) is 9.96. The second-order valence-electron chi connectivity index (χ2n) is 4.72. The van der Waals surface area contributed by atoms with E-state index in [1.54, 1.807) is 7.11 Å². The van der Waals surface area contributed by atoms with Crippen molar-refractivity contribution in [3.8, 4) is 0 Å². The van der Waals surface area contributed by atoms with Crippen LogP contribution < -0.4 is 0 Å². The van der Waals surface area contributed by atoms with E-state index in [4.69, 9.17) is 9.47 Å². The molecule has 3 atom stereocenters. The van der Waals surface area contributed by atoms with Gasteiger partial charge in [-0.15, -0.1) is 0 Å². The maximum Gasteiger partial charge on any atom is 0.0852 e. The largest absolute Gasteiger partial charge is 0.390 e. The lowest BCUT2D eigenvalue weighted by Gasteiger charge is -2.25. The lowest BCUT2D eigenvalue weighted by molar-refractivity contribution is -0.0461. The van der Waals surface area contributed by atoms with E-state index >= 15 is 0 Å². The van der Waals surface area contributed by atoms with Crippen LogP contribution in [0.2, 0.25) is 0 Å². The van der Waals surface area contributed by atoms with Crippen LogP contribution in [-0.4, -0.2) is 37.1 Å². The van der Waals surface area contributed by atoms with Crippen LogP contribution in [0, 0.1) is 5.92 Å². The first-order valence-corrected chi connectivity index (χ1v) is 5.97. The molecule has 90 valence electrons. The Morgan fingerprint density at radius 3 is 2.67 bits per heavy atom. The molecule has 15 heavy (non-hydrogen) atoms. The van der Waals surface area contributed by atoms with Gasteiger partial charge in [0.2, 0.25) is 0 Å². The van der Waals surface area contributed by atoms with E-state index in [-0.39, 0.29) is 12.2 Å². The molecule has 0 aromatic rings. The Balaban J connectivity index is 2.23. The Hall–Kier alpha value is -0.120. The van der Waals surface area contributed by atoms with Gasteiger partial charge < -0.3 is 14.6 Å². The van der Waals surface area contributed by atoms with Gasteiger partial charge in [0, 0.05) is 13.7 Å². The van der Waals surface area contributed by atoms with Crippen LogP contribution >= 0.6 is 0 Å². The van der Waals surface area contributed by atoms with E-state index in [1.165, 1.54) is 6.42 Å². The SMILES string of the molecule is COC(C(C)C)C(O)CCC1CCCO1. The number of methoxy groups -OCH3 is 1. The molecule has 0 aliphatic carbocycles. The Morgan fingerprint density at radius 1 is 1.47 bits per heavy atom. The molecule has 1 fully saturated rings. The molecular formula is C12H24O3. The van der Waals surface area contributed by atoms with Gasteiger partial charge in [0.25, 0.3) is 0 Å². The van der Waals surface area contributed by atoms with Crippen LogP contribution in [-0.2, 0) is 9.47 Å². The zero-order chi connectivity index (χ0) is 11.3. The topological polar surface area (TPSA) is 38.7 Å². The quantitative estimate of drug-likeness (QED) is 0.738. The highest BCUT2D eigenvalue weighted by atomic mass is 16.5. The van der Waals surface area contributed by atoms with Gasteiger partial charge in [0.05, 0.1) is 18.3 Å². The van der Waals surface area contributed by atoms with E-state index in [0.29, 0.717) is 12.0 Å².